The minimum Gasteiger partial charge on any atom is -0.249 e. The number of rotatable bonds is 1. The molecule has 0 bridgehead atoms. The molecule has 0 aliphatic carbocycles. The second-order valence-electron chi connectivity index (χ2n) is 0.238. The summed E-state index contributed by atoms with van der Waals surface area (Å²) < 4.78 is 10.2. The molecule has 0 saturated carbocycles. The molecular weight excluding hydrogens is 173 g/mol. The molecule has 0 aromatic carbocycles. The Morgan fingerprint density at radius 3 is 1.67 bits per heavy atom. The first-order chi connectivity index (χ1) is 1.91. The monoisotopic (exact) mass is 176 g/mol. The van der Waals surface area contributed by atoms with Crippen LogP contribution in [-0.2, 0) is 39.0 Å². The topological polar surface area (TPSA) is 29.5 Å². The van der Waals surface area contributed by atoms with Gasteiger partial charge in [0, 0.05) is 34.1 Å². The molecule has 0 aromatic heterocycles. The van der Waals surface area contributed by atoms with Gasteiger partial charge in [0.15, 0.2) is 0 Å². The van der Waals surface area contributed by atoms with Gasteiger partial charge in [-0.1, -0.05) is 0 Å². The second-order valence-corrected chi connectivity index (χ2v) is 0.238. The minimum atomic E-state index is -1.12. The molecule has 0 heterocycles. The van der Waals surface area contributed by atoms with Crippen molar-refractivity contribution in [3.63, 3.8) is 0 Å². The molecule has 6 heavy (non-hydrogen) atoms. The molecule has 5 heteroatoms. The van der Waals surface area contributed by atoms with E-state index in [1.165, 1.54) is 0 Å². The summed E-state index contributed by atoms with van der Waals surface area (Å²) in [6.45, 7) is -1.12. The van der Waals surface area contributed by atoms with Crippen LogP contribution in [0.1, 0.15) is 0 Å². The Morgan fingerprint density at radius 1 is 1.50 bits per heavy atom. The summed E-state index contributed by atoms with van der Waals surface area (Å²) in [5.74, 6) is 0. The Balaban J connectivity index is -0.0000000450. The van der Waals surface area contributed by atoms with Crippen molar-refractivity contribution in [2.75, 3.05) is 6.86 Å². The second kappa shape index (κ2) is 16.9. The summed E-state index contributed by atoms with van der Waals surface area (Å²) >= 11 is 0. The van der Waals surface area contributed by atoms with Crippen LogP contribution >= 0.6 is 0 Å². The smallest absolute Gasteiger partial charge is 0.221 e. The third kappa shape index (κ3) is 20.7. The van der Waals surface area contributed by atoms with E-state index in [0.717, 1.165) is 0 Å². The van der Waals surface area contributed by atoms with Gasteiger partial charge in [-0.15, -0.1) is 0 Å². The number of hydrogen-bond acceptors (Lipinski definition) is 2. The molecule has 0 amide bonds. The fraction of sp³-hybridized carbons (Fsp3) is 1.00. The number of alkyl halides is 1. The maximum absolute atomic E-state index is 10.2. The van der Waals surface area contributed by atoms with Gasteiger partial charge in [-0.05, 0) is 0 Å². The van der Waals surface area contributed by atoms with Crippen molar-refractivity contribution in [1.82, 2.24) is 0 Å². The largest absolute Gasteiger partial charge is 0.249 e. The van der Waals surface area contributed by atoms with Crippen LogP contribution in [0.25, 0.3) is 0 Å². The summed E-state index contributed by atoms with van der Waals surface area (Å²) in [5.41, 5.74) is 0. The van der Waals surface area contributed by atoms with Gasteiger partial charge in [0.1, 0.15) is 0 Å². The Kier molecular flexibility index (Phi) is 44.4. The molecule has 0 fully saturated rings. The van der Waals surface area contributed by atoms with Crippen LogP contribution < -0.4 is 0 Å². The molecule has 0 aliphatic heterocycles. The van der Waals surface area contributed by atoms with Crippen molar-refractivity contribution in [3.8, 4) is 0 Å². The maximum Gasteiger partial charge on any atom is 0.221 e. The summed E-state index contributed by atoms with van der Waals surface area (Å²) in [7, 11) is 0. The standard InChI is InChI=1S/CH3FO2.2Mn/c2-1-4-3;;/h3H,1H2;;. The van der Waals surface area contributed by atoms with Gasteiger partial charge >= 0.3 is 0 Å². The van der Waals surface area contributed by atoms with Crippen molar-refractivity contribution >= 4 is 0 Å². The molecule has 2 nitrogen and oxygen atoms in total. The first-order valence-electron chi connectivity index (χ1n) is 0.739. The quantitative estimate of drug-likeness (QED) is 0.356. The van der Waals surface area contributed by atoms with Gasteiger partial charge < -0.3 is 0 Å². The van der Waals surface area contributed by atoms with Crippen molar-refractivity contribution in [2.45, 2.75) is 0 Å². The van der Waals surface area contributed by atoms with E-state index in [1.807, 2.05) is 0 Å². The first kappa shape index (κ1) is 15.8. The van der Waals surface area contributed by atoms with Crippen molar-refractivity contribution in [1.29, 1.82) is 0 Å². The third-order valence-corrected chi connectivity index (χ3v) is 0.0488. The summed E-state index contributed by atoms with van der Waals surface area (Å²) in [6, 6.07) is 0. The maximum atomic E-state index is 10.2. The van der Waals surface area contributed by atoms with Gasteiger partial charge in [0.25, 0.3) is 0 Å². The zero-order valence-corrected chi connectivity index (χ0v) is 5.06. The van der Waals surface area contributed by atoms with E-state index in [9.17, 15) is 4.39 Å². The molecule has 0 rings (SSSR count). The molecule has 0 aliphatic rings. The Labute approximate surface area is 55.9 Å². The van der Waals surface area contributed by atoms with Crippen LogP contribution in [0.2, 0.25) is 0 Å². The van der Waals surface area contributed by atoms with Gasteiger partial charge in [-0.3, -0.25) is 0 Å². The molecule has 0 saturated heterocycles. The molecule has 0 atom stereocenters. The summed E-state index contributed by atoms with van der Waals surface area (Å²) in [5, 5.41) is 7.00. The van der Waals surface area contributed by atoms with E-state index >= 15 is 0 Å². The number of halogens is 1. The zero-order valence-electron chi connectivity index (χ0n) is 2.70. The number of hydrogen-bond donors (Lipinski definition) is 1. The Hall–Kier alpha value is 0.889. The van der Waals surface area contributed by atoms with Gasteiger partial charge in [0.2, 0.25) is 6.86 Å². The van der Waals surface area contributed by atoms with E-state index in [0.29, 0.717) is 0 Å². The van der Waals surface area contributed by atoms with E-state index in [2.05, 4.69) is 4.89 Å². The predicted octanol–water partition coefficient (Wildman–Crippen LogP) is 0.398. The Bertz CT molecular complexity index is 13.5. The fourth-order valence-corrected chi connectivity index (χ4v) is 0. The average Bonchev–Trinajstić information content (AvgIpc) is 1.37. The van der Waals surface area contributed by atoms with Crippen molar-refractivity contribution in [2.24, 2.45) is 0 Å². The van der Waals surface area contributed by atoms with Crippen LogP contribution in [0.4, 0.5) is 4.39 Å². The molecule has 2 radical (unpaired) electrons. The van der Waals surface area contributed by atoms with Crippen molar-refractivity contribution < 1.29 is 48.7 Å². The zero-order chi connectivity index (χ0) is 3.41. The van der Waals surface area contributed by atoms with Gasteiger partial charge in [0.05, 0.1) is 0 Å². The third-order valence-electron chi connectivity index (χ3n) is 0.0488. The van der Waals surface area contributed by atoms with Crippen LogP contribution in [0.5, 0.6) is 0 Å². The SMILES string of the molecule is OOCF.[Mn].[Mn]. The molecule has 1 N–H and O–H groups in total. The van der Waals surface area contributed by atoms with Crippen LogP contribution in [-0.4, -0.2) is 12.1 Å². The Morgan fingerprint density at radius 2 is 1.67 bits per heavy atom. The molecule has 0 unspecified atom stereocenters. The molecule has 0 aromatic rings. The normalized spacial score (nSPS) is 5.00. The average molecular weight is 176 g/mol. The van der Waals surface area contributed by atoms with E-state index < -0.39 is 6.86 Å². The van der Waals surface area contributed by atoms with Gasteiger partial charge in [-0.2, -0.15) is 0 Å². The fourth-order valence-electron chi connectivity index (χ4n) is 0. The van der Waals surface area contributed by atoms with E-state index in [4.69, 9.17) is 5.26 Å². The first-order valence-corrected chi connectivity index (χ1v) is 0.739. The minimum absolute atomic E-state index is 0. The van der Waals surface area contributed by atoms with E-state index in [1.54, 1.807) is 0 Å². The predicted molar refractivity (Wildman–Crippen MR) is 9.69 cm³/mol. The molecule has 40 valence electrons. The van der Waals surface area contributed by atoms with Crippen LogP contribution in [0.15, 0.2) is 0 Å². The van der Waals surface area contributed by atoms with Crippen LogP contribution in [0.3, 0.4) is 0 Å². The van der Waals surface area contributed by atoms with Gasteiger partial charge in [-0.25, -0.2) is 14.5 Å². The van der Waals surface area contributed by atoms with Crippen molar-refractivity contribution in [3.05, 3.63) is 0 Å². The summed E-state index contributed by atoms with van der Waals surface area (Å²) in [4.78, 5) is 2.88. The van der Waals surface area contributed by atoms with E-state index in [-0.39, 0.29) is 34.1 Å². The molecule has 0 spiro atoms. The molecular formula is CH3FMn2O2. The van der Waals surface area contributed by atoms with Crippen LogP contribution in [0, 0.1) is 0 Å². The summed E-state index contributed by atoms with van der Waals surface area (Å²) in [6.07, 6.45) is 0.